The van der Waals surface area contributed by atoms with Gasteiger partial charge in [-0.25, -0.2) is 4.39 Å². The van der Waals surface area contributed by atoms with Crippen molar-refractivity contribution >= 4 is 10.9 Å². The lowest BCUT2D eigenvalue weighted by atomic mass is 9.80. The minimum atomic E-state index is -0.462. The predicted octanol–water partition coefficient (Wildman–Crippen LogP) is 7.58. The van der Waals surface area contributed by atoms with E-state index in [1.807, 2.05) is 31.2 Å². The Morgan fingerprint density at radius 1 is 0.833 bits per heavy atom. The van der Waals surface area contributed by atoms with Gasteiger partial charge in [-0.2, -0.15) is 0 Å². The van der Waals surface area contributed by atoms with Crippen LogP contribution in [0.1, 0.15) is 39.0 Å². The van der Waals surface area contributed by atoms with Gasteiger partial charge in [0.05, 0.1) is 10.9 Å². The summed E-state index contributed by atoms with van der Waals surface area (Å²) in [4.78, 5) is 3.46. The minimum Gasteiger partial charge on any atom is -0.480 e. The first kappa shape index (κ1) is 20.7. The summed E-state index contributed by atoms with van der Waals surface area (Å²) in [5.74, 6) is 0.0244. The van der Waals surface area contributed by atoms with Gasteiger partial charge in [-0.15, -0.1) is 0 Å². The lowest BCUT2D eigenvalue weighted by Gasteiger charge is -2.38. The van der Waals surface area contributed by atoms with E-state index in [9.17, 15) is 4.39 Å². The minimum absolute atomic E-state index is 0.311. The lowest BCUT2D eigenvalue weighted by molar-refractivity contribution is 0.0616. The van der Waals surface area contributed by atoms with E-state index in [0.29, 0.717) is 5.75 Å². The number of rotatable bonds is 6. The Morgan fingerprint density at radius 3 is 1.93 bits per heavy atom. The Bertz CT molecular complexity index is 954. The summed E-state index contributed by atoms with van der Waals surface area (Å²) < 4.78 is 21.3. The zero-order valence-corrected chi connectivity index (χ0v) is 18.3. The van der Waals surface area contributed by atoms with Crippen LogP contribution in [0, 0.1) is 5.82 Å². The maximum absolute atomic E-state index is 14.9. The average molecular weight is 420 g/mol. The molecule has 0 heterocycles. The Hall–Kier alpha value is -2.52. The number of halogens is 1. The summed E-state index contributed by atoms with van der Waals surface area (Å²) >= 11 is 0. The summed E-state index contributed by atoms with van der Waals surface area (Å²) in [6, 6.07) is 26.1. The fraction of sp³-hybridized carbons (Fsp3) is 0.259. The second-order valence-electron chi connectivity index (χ2n) is 7.96. The van der Waals surface area contributed by atoms with Crippen molar-refractivity contribution in [3.8, 4) is 5.75 Å². The van der Waals surface area contributed by atoms with E-state index in [1.165, 1.54) is 16.2 Å². The van der Waals surface area contributed by atoms with Crippen LogP contribution in [0.15, 0.2) is 106 Å². The van der Waals surface area contributed by atoms with Crippen LogP contribution in [-0.4, -0.2) is 5.60 Å². The molecule has 0 atom stereocenters. The maximum atomic E-state index is 14.9. The van der Waals surface area contributed by atoms with Gasteiger partial charge in [0.15, 0.2) is 26.3 Å². The van der Waals surface area contributed by atoms with E-state index in [-0.39, 0.29) is 16.7 Å². The fourth-order valence-electron chi connectivity index (χ4n) is 4.16. The van der Waals surface area contributed by atoms with Crippen molar-refractivity contribution in [3.63, 3.8) is 0 Å². The molecule has 1 nitrogen and oxygen atoms in total. The molecule has 154 valence electrons. The summed E-state index contributed by atoms with van der Waals surface area (Å²) in [6.07, 6.45) is 5.18. The normalized spacial score (nSPS) is 15.7. The Balaban J connectivity index is 1.76. The van der Waals surface area contributed by atoms with E-state index in [0.717, 1.165) is 36.2 Å². The van der Waals surface area contributed by atoms with Crippen LogP contribution in [-0.2, 0) is 10.9 Å². The van der Waals surface area contributed by atoms with Crippen LogP contribution >= 0.6 is 0 Å². The summed E-state index contributed by atoms with van der Waals surface area (Å²) in [5.41, 5.74) is 0.521. The van der Waals surface area contributed by atoms with Crippen LogP contribution in [0.2, 0.25) is 0 Å². The highest BCUT2D eigenvalue weighted by Crippen LogP contribution is 2.40. The third-order valence-electron chi connectivity index (χ3n) is 5.84. The highest BCUT2D eigenvalue weighted by atomic mass is 32.2. The summed E-state index contributed by atoms with van der Waals surface area (Å²) in [7, 11) is -0.333. The van der Waals surface area contributed by atoms with Crippen molar-refractivity contribution < 1.29 is 9.13 Å². The first-order chi connectivity index (χ1) is 14.6. The number of hydrogen-bond acceptors (Lipinski definition) is 1. The van der Waals surface area contributed by atoms with E-state index < -0.39 is 5.60 Å². The average Bonchev–Trinajstić information content (AvgIpc) is 2.78. The van der Waals surface area contributed by atoms with Gasteiger partial charge in [-0.05, 0) is 74.6 Å². The van der Waals surface area contributed by atoms with Gasteiger partial charge in [0.2, 0.25) is 0 Å². The molecule has 0 saturated heterocycles. The SMILES string of the molecule is C=C(C)C1(Oc2cc([S+](c3ccccc3)c3ccccc3)ccc2F)CCCCC1. The quantitative estimate of drug-likeness (QED) is 0.295. The van der Waals surface area contributed by atoms with Crippen molar-refractivity contribution in [1.82, 2.24) is 0 Å². The molecule has 0 spiro atoms. The van der Waals surface area contributed by atoms with Gasteiger partial charge in [0, 0.05) is 6.07 Å². The molecule has 1 fully saturated rings. The molecule has 3 aromatic carbocycles. The predicted molar refractivity (Wildman–Crippen MR) is 123 cm³/mol. The highest BCUT2D eigenvalue weighted by Gasteiger charge is 2.37. The number of hydrogen-bond donors (Lipinski definition) is 0. The smallest absolute Gasteiger partial charge is 0.170 e. The van der Waals surface area contributed by atoms with Crippen molar-refractivity contribution in [2.45, 2.75) is 59.3 Å². The fourth-order valence-corrected chi connectivity index (χ4v) is 6.26. The second kappa shape index (κ2) is 9.09. The molecule has 1 saturated carbocycles. The summed E-state index contributed by atoms with van der Waals surface area (Å²) in [6.45, 7) is 6.19. The molecule has 3 aromatic rings. The molecule has 0 aliphatic heterocycles. The molecule has 0 unspecified atom stereocenters. The first-order valence-corrected chi connectivity index (χ1v) is 11.8. The Labute approximate surface area is 182 Å². The molecule has 4 rings (SSSR count). The zero-order chi connectivity index (χ0) is 21.0. The van der Waals surface area contributed by atoms with Gasteiger partial charge in [0.25, 0.3) is 0 Å². The van der Waals surface area contributed by atoms with Crippen LogP contribution in [0.4, 0.5) is 4.39 Å². The largest absolute Gasteiger partial charge is 0.480 e. The van der Waals surface area contributed by atoms with Gasteiger partial charge >= 0.3 is 0 Å². The van der Waals surface area contributed by atoms with Crippen LogP contribution in [0.3, 0.4) is 0 Å². The zero-order valence-electron chi connectivity index (χ0n) is 17.4. The van der Waals surface area contributed by atoms with Gasteiger partial charge in [-0.1, -0.05) is 49.4 Å². The molecule has 1 aliphatic carbocycles. The van der Waals surface area contributed by atoms with E-state index in [1.54, 1.807) is 6.07 Å². The van der Waals surface area contributed by atoms with E-state index >= 15 is 0 Å². The Morgan fingerprint density at radius 2 is 1.40 bits per heavy atom. The molecule has 0 N–H and O–H groups in total. The standard InChI is InChI=1S/C27H28FOS/c1-21(2)27(18-10-5-11-19-27)29-26-20-24(16-17-25(26)28)30(22-12-6-3-7-13-22)23-14-8-4-9-15-23/h3-4,6-9,12-17,20H,1,5,10-11,18-19H2,2H3/q+1. The summed E-state index contributed by atoms with van der Waals surface area (Å²) in [5, 5.41) is 0. The van der Waals surface area contributed by atoms with Crippen molar-refractivity contribution in [3.05, 3.63) is 96.8 Å². The third-order valence-corrected chi connectivity index (χ3v) is 8.05. The van der Waals surface area contributed by atoms with Crippen LogP contribution in [0.5, 0.6) is 5.75 Å². The van der Waals surface area contributed by atoms with E-state index in [4.69, 9.17) is 4.74 Å². The van der Waals surface area contributed by atoms with Gasteiger partial charge in [-0.3, -0.25) is 0 Å². The first-order valence-electron chi connectivity index (χ1n) is 10.6. The number of ether oxygens (including phenoxy) is 1. The molecule has 0 bridgehead atoms. The molecule has 30 heavy (non-hydrogen) atoms. The van der Waals surface area contributed by atoms with E-state index in [2.05, 4.69) is 55.1 Å². The van der Waals surface area contributed by atoms with Crippen molar-refractivity contribution in [2.75, 3.05) is 0 Å². The monoisotopic (exact) mass is 419 g/mol. The van der Waals surface area contributed by atoms with Crippen molar-refractivity contribution in [1.29, 1.82) is 0 Å². The molecule has 3 heteroatoms. The number of benzene rings is 3. The molecular weight excluding hydrogens is 391 g/mol. The second-order valence-corrected chi connectivity index (χ2v) is 9.99. The third kappa shape index (κ3) is 4.32. The Kier molecular flexibility index (Phi) is 6.29. The van der Waals surface area contributed by atoms with Gasteiger partial charge in [0.1, 0.15) is 5.60 Å². The molecule has 0 amide bonds. The van der Waals surface area contributed by atoms with Gasteiger partial charge < -0.3 is 4.74 Å². The molecule has 1 aliphatic rings. The topological polar surface area (TPSA) is 9.23 Å². The highest BCUT2D eigenvalue weighted by molar-refractivity contribution is 7.97. The van der Waals surface area contributed by atoms with Crippen LogP contribution < -0.4 is 4.74 Å². The molecule has 0 aromatic heterocycles. The lowest BCUT2D eigenvalue weighted by Crippen LogP contribution is -2.39. The van der Waals surface area contributed by atoms with Crippen LogP contribution in [0.25, 0.3) is 0 Å². The molecule has 0 radical (unpaired) electrons. The molecular formula is C27H28FOS+. The van der Waals surface area contributed by atoms with Crippen molar-refractivity contribution in [2.24, 2.45) is 0 Å². The maximum Gasteiger partial charge on any atom is 0.170 e.